The van der Waals surface area contributed by atoms with Gasteiger partial charge in [0.2, 0.25) is 0 Å². The predicted octanol–water partition coefficient (Wildman–Crippen LogP) is 0.921. The van der Waals surface area contributed by atoms with Crippen LogP contribution in [-0.2, 0) is 18.3 Å². The van der Waals surface area contributed by atoms with Crippen molar-refractivity contribution in [2.24, 2.45) is 12.5 Å². The number of hydrogen-bond acceptors (Lipinski definition) is 3. The number of nitrogens with zero attached hydrogens (tertiary/aromatic N) is 2. The molecule has 2 heterocycles. The number of nitrogens with one attached hydrogen (secondary N) is 1. The van der Waals surface area contributed by atoms with Gasteiger partial charge in [0, 0.05) is 24.9 Å². The minimum atomic E-state index is -0.156. The number of carbonyl (C=O) groups is 1. The van der Waals surface area contributed by atoms with Crippen molar-refractivity contribution in [3.8, 4) is 0 Å². The van der Waals surface area contributed by atoms with Crippen molar-refractivity contribution in [3.63, 3.8) is 0 Å². The summed E-state index contributed by atoms with van der Waals surface area (Å²) in [7, 11) is 1.93. The largest absolute Gasteiger partial charge is 0.338 e. The Morgan fingerprint density at radius 3 is 2.81 bits per heavy atom. The maximum absolute atomic E-state index is 12.3. The monoisotopic (exact) mass is 221 g/mol. The van der Waals surface area contributed by atoms with Crippen molar-refractivity contribution >= 4 is 5.78 Å². The molecule has 1 fully saturated rings. The van der Waals surface area contributed by atoms with E-state index in [1.165, 1.54) is 0 Å². The molecular weight excluding hydrogens is 202 g/mol. The van der Waals surface area contributed by atoms with E-state index in [4.69, 9.17) is 0 Å². The Morgan fingerprint density at radius 2 is 2.25 bits per heavy atom. The summed E-state index contributed by atoms with van der Waals surface area (Å²) in [6.07, 6.45) is 5.97. The van der Waals surface area contributed by atoms with E-state index in [1.54, 1.807) is 6.20 Å². The van der Waals surface area contributed by atoms with E-state index in [9.17, 15) is 4.79 Å². The topological polar surface area (TPSA) is 46.9 Å². The number of imidazole rings is 1. The SMILES string of the molecule is Cn1ccnc1CC(=O)C1(C)CCNCC1. The number of rotatable bonds is 3. The third-order valence-corrected chi connectivity index (χ3v) is 3.62. The average molecular weight is 221 g/mol. The Morgan fingerprint density at radius 1 is 1.56 bits per heavy atom. The van der Waals surface area contributed by atoms with E-state index in [-0.39, 0.29) is 5.41 Å². The van der Waals surface area contributed by atoms with Crippen LogP contribution in [0.1, 0.15) is 25.6 Å². The highest BCUT2D eigenvalue weighted by Gasteiger charge is 2.34. The Balaban J connectivity index is 2.05. The van der Waals surface area contributed by atoms with E-state index in [1.807, 2.05) is 17.8 Å². The van der Waals surface area contributed by atoms with Crippen LogP contribution in [0.5, 0.6) is 0 Å². The highest BCUT2D eigenvalue weighted by atomic mass is 16.1. The van der Waals surface area contributed by atoms with Gasteiger partial charge in [0.15, 0.2) is 0 Å². The van der Waals surface area contributed by atoms with Gasteiger partial charge in [0.05, 0.1) is 6.42 Å². The molecule has 0 aliphatic carbocycles. The number of hydrogen-bond donors (Lipinski definition) is 1. The fourth-order valence-electron chi connectivity index (χ4n) is 2.18. The van der Waals surface area contributed by atoms with Crippen LogP contribution in [-0.4, -0.2) is 28.4 Å². The number of aryl methyl sites for hydroxylation is 1. The standard InChI is InChI=1S/C12H19N3O/c1-12(3-5-13-6-4-12)10(16)9-11-14-7-8-15(11)2/h7-8,13H,3-6,9H2,1-2H3. The van der Waals surface area contributed by atoms with E-state index >= 15 is 0 Å². The zero-order valence-electron chi connectivity index (χ0n) is 9.99. The van der Waals surface area contributed by atoms with Crippen LogP contribution < -0.4 is 5.32 Å². The van der Waals surface area contributed by atoms with Gasteiger partial charge >= 0.3 is 0 Å². The van der Waals surface area contributed by atoms with Crippen molar-refractivity contribution in [1.29, 1.82) is 0 Å². The van der Waals surface area contributed by atoms with Gasteiger partial charge in [-0.1, -0.05) is 6.92 Å². The summed E-state index contributed by atoms with van der Waals surface area (Å²) in [5, 5.41) is 3.29. The molecule has 0 saturated carbocycles. The molecule has 0 amide bonds. The molecular formula is C12H19N3O. The normalized spacial score (nSPS) is 19.6. The van der Waals surface area contributed by atoms with Crippen LogP contribution in [0.2, 0.25) is 0 Å². The molecule has 1 aliphatic rings. The summed E-state index contributed by atoms with van der Waals surface area (Å²) >= 11 is 0. The molecule has 1 aliphatic heterocycles. The first-order chi connectivity index (χ1) is 7.62. The van der Waals surface area contributed by atoms with Crippen molar-refractivity contribution in [2.75, 3.05) is 13.1 Å². The Hall–Kier alpha value is -1.16. The highest BCUT2D eigenvalue weighted by Crippen LogP contribution is 2.30. The molecule has 0 aromatic carbocycles. The lowest BCUT2D eigenvalue weighted by molar-refractivity contribution is -0.128. The van der Waals surface area contributed by atoms with Crippen molar-refractivity contribution in [3.05, 3.63) is 18.2 Å². The van der Waals surface area contributed by atoms with Gasteiger partial charge in [-0.15, -0.1) is 0 Å². The number of aromatic nitrogens is 2. The van der Waals surface area contributed by atoms with Crippen molar-refractivity contribution < 1.29 is 4.79 Å². The average Bonchev–Trinajstić information content (AvgIpc) is 2.65. The molecule has 0 unspecified atom stereocenters. The molecule has 2 rings (SSSR count). The van der Waals surface area contributed by atoms with Gasteiger partial charge in [0.1, 0.15) is 11.6 Å². The van der Waals surface area contributed by atoms with Gasteiger partial charge in [0.25, 0.3) is 0 Å². The first kappa shape index (κ1) is 11.3. The molecule has 0 spiro atoms. The molecule has 16 heavy (non-hydrogen) atoms. The summed E-state index contributed by atoms with van der Waals surface area (Å²) < 4.78 is 1.92. The lowest BCUT2D eigenvalue weighted by atomic mass is 9.76. The van der Waals surface area contributed by atoms with Crippen LogP contribution in [0.4, 0.5) is 0 Å². The van der Waals surface area contributed by atoms with Crippen LogP contribution in [0.3, 0.4) is 0 Å². The first-order valence-electron chi connectivity index (χ1n) is 5.82. The van der Waals surface area contributed by atoms with E-state index in [0.717, 1.165) is 31.8 Å². The Kier molecular flexibility index (Phi) is 3.10. The second-order valence-electron chi connectivity index (χ2n) is 4.86. The van der Waals surface area contributed by atoms with Crippen molar-refractivity contribution in [1.82, 2.24) is 14.9 Å². The minimum Gasteiger partial charge on any atom is -0.338 e. The Labute approximate surface area is 96.1 Å². The highest BCUT2D eigenvalue weighted by molar-refractivity contribution is 5.86. The van der Waals surface area contributed by atoms with Gasteiger partial charge in [-0.3, -0.25) is 4.79 Å². The van der Waals surface area contributed by atoms with Crippen LogP contribution in [0, 0.1) is 5.41 Å². The van der Waals surface area contributed by atoms with Gasteiger partial charge < -0.3 is 9.88 Å². The predicted molar refractivity (Wildman–Crippen MR) is 62.1 cm³/mol. The first-order valence-corrected chi connectivity index (χ1v) is 5.82. The quantitative estimate of drug-likeness (QED) is 0.825. The van der Waals surface area contributed by atoms with E-state index < -0.39 is 0 Å². The third-order valence-electron chi connectivity index (χ3n) is 3.62. The molecule has 1 aromatic heterocycles. The maximum atomic E-state index is 12.3. The smallest absolute Gasteiger partial charge is 0.146 e. The second-order valence-corrected chi connectivity index (χ2v) is 4.86. The summed E-state index contributed by atoms with van der Waals surface area (Å²) in [6, 6.07) is 0. The number of ketones is 1. The lowest BCUT2D eigenvalue weighted by Crippen LogP contribution is -2.41. The number of piperidine rings is 1. The molecule has 1 saturated heterocycles. The van der Waals surface area contributed by atoms with Crippen LogP contribution in [0.15, 0.2) is 12.4 Å². The van der Waals surface area contributed by atoms with E-state index in [0.29, 0.717) is 12.2 Å². The molecule has 4 heteroatoms. The molecule has 4 nitrogen and oxygen atoms in total. The zero-order valence-corrected chi connectivity index (χ0v) is 9.99. The van der Waals surface area contributed by atoms with Gasteiger partial charge in [-0.2, -0.15) is 0 Å². The van der Waals surface area contributed by atoms with Gasteiger partial charge in [-0.05, 0) is 25.9 Å². The van der Waals surface area contributed by atoms with Crippen molar-refractivity contribution in [2.45, 2.75) is 26.2 Å². The molecule has 0 bridgehead atoms. The summed E-state index contributed by atoms with van der Waals surface area (Å²) in [6.45, 7) is 3.98. The minimum absolute atomic E-state index is 0.156. The van der Waals surface area contributed by atoms with Gasteiger partial charge in [-0.25, -0.2) is 4.98 Å². The molecule has 88 valence electrons. The fourth-order valence-corrected chi connectivity index (χ4v) is 2.18. The lowest BCUT2D eigenvalue weighted by Gasteiger charge is -2.32. The van der Waals surface area contributed by atoms with E-state index in [2.05, 4.69) is 17.2 Å². The molecule has 1 aromatic rings. The van der Waals surface area contributed by atoms with Crippen LogP contribution in [0.25, 0.3) is 0 Å². The summed E-state index contributed by atoms with van der Waals surface area (Å²) in [5.41, 5.74) is -0.156. The van der Waals surface area contributed by atoms with Crippen LogP contribution >= 0.6 is 0 Å². The fraction of sp³-hybridized carbons (Fsp3) is 0.667. The third kappa shape index (κ3) is 2.16. The zero-order chi connectivity index (χ0) is 11.6. The Bertz CT molecular complexity index is 377. The molecule has 1 N–H and O–H groups in total. The summed E-state index contributed by atoms with van der Waals surface area (Å²) in [5.74, 6) is 1.19. The number of Topliss-reactive ketones (excluding diaryl/α,β-unsaturated/α-hetero) is 1. The summed E-state index contributed by atoms with van der Waals surface area (Å²) in [4.78, 5) is 16.5. The molecule has 0 radical (unpaired) electrons. The second kappa shape index (κ2) is 4.37. The number of carbonyl (C=O) groups excluding carboxylic acids is 1. The maximum Gasteiger partial charge on any atom is 0.146 e. The molecule has 0 atom stereocenters.